The van der Waals surface area contributed by atoms with E-state index in [0.29, 0.717) is 5.92 Å². The predicted octanol–water partition coefficient (Wildman–Crippen LogP) is 0.827. The zero-order chi connectivity index (χ0) is 10.7. The van der Waals surface area contributed by atoms with E-state index in [-0.39, 0.29) is 6.04 Å². The van der Waals surface area contributed by atoms with Crippen LogP contribution in [0.4, 0.5) is 0 Å². The summed E-state index contributed by atoms with van der Waals surface area (Å²) in [6.07, 6.45) is 3.52. The standard InChI is InChI=1S/C10H19N3O/c1-7(2)4-8(11)10(14)9-5-12-6-13(9)3/h5-8,10,14H,4,11H2,1-3H3. The molecular formula is C10H19N3O. The molecule has 0 fully saturated rings. The van der Waals surface area contributed by atoms with Crippen molar-refractivity contribution in [3.8, 4) is 0 Å². The van der Waals surface area contributed by atoms with Crippen molar-refractivity contribution < 1.29 is 5.11 Å². The first-order valence-electron chi connectivity index (χ1n) is 4.92. The molecule has 1 aromatic heterocycles. The van der Waals surface area contributed by atoms with Gasteiger partial charge in [0, 0.05) is 13.1 Å². The zero-order valence-electron chi connectivity index (χ0n) is 9.01. The molecule has 0 aliphatic heterocycles. The molecular weight excluding hydrogens is 178 g/mol. The van der Waals surface area contributed by atoms with Gasteiger partial charge >= 0.3 is 0 Å². The van der Waals surface area contributed by atoms with Crippen LogP contribution in [0, 0.1) is 5.92 Å². The number of nitrogens with two attached hydrogens (primary N) is 1. The van der Waals surface area contributed by atoms with Crippen LogP contribution < -0.4 is 5.73 Å². The number of hydrogen-bond acceptors (Lipinski definition) is 3. The van der Waals surface area contributed by atoms with Crippen molar-refractivity contribution in [3.63, 3.8) is 0 Å². The van der Waals surface area contributed by atoms with Gasteiger partial charge in [-0.3, -0.25) is 0 Å². The van der Waals surface area contributed by atoms with Crippen molar-refractivity contribution in [1.29, 1.82) is 0 Å². The van der Waals surface area contributed by atoms with E-state index in [1.54, 1.807) is 17.1 Å². The van der Waals surface area contributed by atoms with Crippen LogP contribution in [0.25, 0.3) is 0 Å². The Bertz CT molecular complexity index is 283. The highest BCUT2D eigenvalue weighted by molar-refractivity contribution is 5.04. The van der Waals surface area contributed by atoms with E-state index >= 15 is 0 Å². The smallest absolute Gasteiger partial charge is 0.111 e. The molecule has 0 saturated carbocycles. The summed E-state index contributed by atoms with van der Waals surface area (Å²) in [5.74, 6) is 0.493. The summed E-state index contributed by atoms with van der Waals surface area (Å²) in [6.45, 7) is 4.19. The summed E-state index contributed by atoms with van der Waals surface area (Å²) in [5.41, 5.74) is 6.66. The molecule has 14 heavy (non-hydrogen) atoms. The van der Waals surface area contributed by atoms with E-state index in [0.717, 1.165) is 12.1 Å². The van der Waals surface area contributed by atoms with E-state index in [9.17, 15) is 5.11 Å². The number of imidazole rings is 1. The van der Waals surface area contributed by atoms with Crippen LogP contribution in [0.15, 0.2) is 12.5 Å². The number of aryl methyl sites for hydroxylation is 1. The van der Waals surface area contributed by atoms with Gasteiger partial charge in [0.1, 0.15) is 6.10 Å². The molecule has 0 amide bonds. The normalized spacial score (nSPS) is 15.9. The van der Waals surface area contributed by atoms with Gasteiger partial charge in [-0.05, 0) is 12.3 Å². The SMILES string of the molecule is CC(C)CC(N)C(O)c1cncn1C. The highest BCUT2D eigenvalue weighted by atomic mass is 16.3. The van der Waals surface area contributed by atoms with Gasteiger partial charge in [-0.2, -0.15) is 0 Å². The number of rotatable bonds is 4. The zero-order valence-corrected chi connectivity index (χ0v) is 9.01. The fourth-order valence-electron chi connectivity index (χ4n) is 1.55. The first kappa shape index (κ1) is 11.2. The van der Waals surface area contributed by atoms with Crippen molar-refractivity contribution in [2.45, 2.75) is 32.4 Å². The van der Waals surface area contributed by atoms with Gasteiger partial charge in [0.25, 0.3) is 0 Å². The summed E-state index contributed by atoms with van der Waals surface area (Å²) in [4.78, 5) is 3.95. The maximum atomic E-state index is 9.92. The van der Waals surface area contributed by atoms with Gasteiger partial charge in [-0.15, -0.1) is 0 Å². The minimum atomic E-state index is -0.620. The maximum absolute atomic E-state index is 9.92. The van der Waals surface area contributed by atoms with Crippen molar-refractivity contribution in [1.82, 2.24) is 9.55 Å². The molecule has 0 radical (unpaired) electrons. The Kier molecular flexibility index (Phi) is 3.66. The van der Waals surface area contributed by atoms with Crippen LogP contribution in [-0.4, -0.2) is 20.7 Å². The molecule has 4 heteroatoms. The average Bonchev–Trinajstić information content (AvgIpc) is 2.48. The van der Waals surface area contributed by atoms with E-state index in [4.69, 9.17) is 5.73 Å². The second kappa shape index (κ2) is 4.57. The first-order chi connectivity index (χ1) is 6.52. The van der Waals surface area contributed by atoms with Crippen molar-refractivity contribution in [2.75, 3.05) is 0 Å². The van der Waals surface area contributed by atoms with Crippen molar-refractivity contribution in [3.05, 3.63) is 18.2 Å². The molecule has 0 aromatic carbocycles. The lowest BCUT2D eigenvalue weighted by Crippen LogP contribution is -2.30. The third-order valence-electron chi connectivity index (χ3n) is 2.31. The molecule has 2 unspecified atom stereocenters. The van der Waals surface area contributed by atoms with E-state index in [1.165, 1.54) is 0 Å². The maximum Gasteiger partial charge on any atom is 0.111 e. The quantitative estimate of drug-likeness (QED) is 0.751. The van der Waals surface area contributed by atoms with Crippen LogP contribution in [0.2, 0.25) is 0 Å². The van der Waals surface area contributed by atoms with Gasteiger partial charge in [0.05, 0.1) is 18.2 Å². The molecule has 0 spiro atoms. The van der Waals surface area contributed by atoms with E-state index < -0.39 is 6.10 Å². The van der Waals surface area contributed by atoms with Crippen LogP contribution in [-0.2, 0) is 7.05 Å². The van der Waals surface area contributed by atoms with Crippen LogP contribution in [0.5, 0.6) is 0 Å². The molecule has 0 bridgehead atoms. The Morgan fingerprint density at radius 2 is 2.21 bits per heavy atom. The molecule has 2 atom stereocenters. The second-order valence-corrected chi connectivity index (χ2v) is 4.17. The van der Waals surface area contributed by atoms with Crippen molar-refractivity contribution >= 4 is 0 Å². The Morgan fingerprint density at radius 3 is 2.64 bits per heavy atom. The molecule has 0 saturated heterocycles. The van der Waals surface area contributed by atoms with Gasteiger partial charge < -0.3 is 15.4 Å². The summed E-state index contributed by atoms with van der Waals surface area (Å²) in [5, 5.41) is 9.92. The Labute approximate surface area is 84.8 Å². The number of hydrogen-bond donors (Lipinski definition) is 2. The first-order valence-corrected chi connectivity index (χ1v) is 4.92. The molecule has 1 rings (SSSR count). The third kappa shape index (κ3) is 2.56. The molecule has 3 N–H and O–H groups in total. The van der Waals surface area contributed by atoms with Gasteiger partial charge in [-0.1, -0.05) is 13.8 Å². The lowest BCUT2D eigenvalue weighted by Gasteiger charge is -2.20. The van der Waals surface area contributed by atoms with E-state index in [2.05, 4.69) is 18.8 Å². The Hall–Kier alpha value is -0.870. The Morgan fingerprint density at radius 1 is 1.57 bits per heavy atom. The molecule has 80 valence electrons. The van der Waals surface area contributed by atoms with E-state index in [1.807, 2.05) is 7.05 Å². The van der Waals surface area contributed by atoms with Gasteiger partial charge in [0.15, 0.2) is 0 Å². The summed E-state index contributed by atoms with van der Waals surface area (Å²) in [7, 11) is 1.85. The van der Waals surface area contributed by atoms with Crippen LogP contribution >= 0.6 is 0 Å². The molecule has 4 nitrogen and oxygen atoms in total. The summed E-state index contributed by atoms with van der Waals surface area (Å²) < 4.78 is 1.80. The second-order valence-electron chi connectivity index (χ2n) is 4.17. The van der Waals surface area contributed by atoms with Gasteiger partial charge in [0.2, 0.25) is 0 Å². The average molecular weight is 197 g/mol. The molecule has 1 heterocycles. The highest BCUT2D eigenvalue weighted by Crippen LogP contribution is 2.18. The number of aliphatic hydroxyl groups is 1. The highest BCUT2D eigenvalue weighted by Gasteiger charge is 2.20. The fraction of sp³-hybridized carbons (Fsp3) is 0.700. The minimum absolute atomic E-state index is 0.217. The third-order valence-corrected chi connectivity index (χ3v) is 2.31. The molecule has 0 aliphatic rings. The lowest BCUT2D eigenvalue weighted by atomic mass is 9.98. The monoisotopic (exact) mass is 197 g/mol. The number of nitrogens with zero attached hydrogens (tertiary/aromatic N) is 2. The topological polar surface area (TPSA) is 64.1 Å². The summed E-state index contributed by atoms with van der Waals surface area (Å²) in [6, 6.07) is -0.217. The van der Waals surface area contributed by atoms with Crippen molar-refractivity contribution in [2.24, 2.45) is 18.7 Å². The van der Waals surface area contributed by atoms with Gasteiger partial charge in [-0.25, -0.2) is 4.98 Å². The largest absolute Gasteiger partial charge is 0.385 e. The number of aliphatic hydroxyl groups excluding tert-OH is 1. The predicted molar refractivity (Wildman–Crippen MR) is 55.6 cm³/mol. The minimum Gasteiger partial charge on any atom is -0.385 e. The molecule has 1 aromatic rings. The van der Waals surface area contributed by atoms with Crippen LogP contribution in [0.3, 0.4) is 0 Å². The summed E-state index contributed by atoms with van der Waals surface area (Å²) >= 11 is 0. The Balaban J connectivity index is 2.65. The fourth-order valence-corrected chi connectivity index (χ4v) is 1.55. The van der Waals surface area contributed by atoms with Crippen LogP contribution in [0.1, 0.15) is 32.1 Å². The molecule has 0 aliphatic carbocycles. The lowest BCUT2D eigenvalue weighted by molar-refractivity contribution is 0.128. The number of aromatic nitrogens is 2.